The molecule has 1 aliphatic heterocycles. The summed E-state index contributed by atoms with van der Waals surface area (Å²) in [5, 5.41) is 22.5. The van der Waals surface area contributed by atoms with Crippen LogP contribution < -0.4 is 11.0 Å². The van der Waals surface area contributed by atoms with E-state index in [0.29, 0.717) is 24.2 Å². The Balaban J connectivity index is 2.02. The van der Waals surface area contributed by atoms with Crippen molar-refractivity contribution in [1.29, 1.82) is 0 Å². The Labute approximate surface area is 147 Å². The Kier molecular flexibility index (Phi) is 4.53. The normalized spacial score (nSPS) is 17.6. The second kappa shape index (κ2) is 6.79. The van der Waals surface area contributed by atoms with Crippen LogP contribution in [0.3, 0.4) is 0 Å². The molecular weight excluding hydrogens is 340 g/mol. The van der Waals surface area contributed by atoms with Gasteiger partial charge >= 0.3 is 11.9 Å². The van der Waals surface area contributed by atoms with E-state index in [-0.39, 0.29) is 17.4 Å². The number of carbonyl (C=O) groups is 2. The third-order valence-corrected chi connectivity index (χ3v) is 4.19. The van der Waals surface area contributed by atoms with E-state index in [4.69, 9.17) is 5.11 Å². The van der Waals surface area contributed by atoms with Crippen LogP contribution in [0.1, 0.15) is 52.3 Å². The minimum Gasteiger partial charge on any atom is -0.478 e. The van der Waals surface area contributed by atoms with Crippen molar-refractivity contribution < 1.29 is 19.8 Å². The van der Waals surface area contributed by atoms with Crippen LogP contribution in [0.2, 0.25) is 0 Å². The highest BCUT2D eigenvalue weighted by Crippen LogP contribution is 2.22. The SMILES string of the molecule is CC1CC/C(=N\Nc2ccccc2C(=O)O)c2ncc(C(=O)O)c(=O)n21. The summed E-state index contributed by atoms with van der Waals surface area (Å²) < 4.78 is 1.32. The molecule has 0 fully saturated rings. The van der Waals surface area contributed by atoms with Crippen LogP contribution in [0.15, 0.2) is 40.4 Å². The first-order valence-electron chi connectivity index (χ1n) is 7.90. The van der Waals surface area contributed by atoms with Crippen LogP contribution in [0.5, 0.6) is 0 Å². The molecule has 0 saturated carbocycles. The summed E-state index contributed by atoms with van der Waals surface area (Å²) in [5.74, 6) is -2.15. The number of carboxylic acid groups (broad SMARTS) is 2. The van der Waals surface area contributed by atoms with Gasteiger partial charge in [-0.25, -0.2) is 14.6 Å². The fourth-order valence-electron chi connectivity index (χ4n) is 2.83. The van der Waals surface area contributed by atoms with Crippen molar-refractivity contribution in [3.8, 4) is 0 Å². The van der Waals surface area contributed by atoms with Crippen molar-refractivity contribution in [2.24, 2.45) is 5.10 Å². The molecule has 0 radical (unpaired) electrons. The van der Waals surface area contributed by atoms with Crippen LogP contribution in [0.25, 0.3) is 0 Å². The summed E-state index contributed by atoms with van der Waals surface area (Å²) in [6.45, 7) is 1.81. The fraction of sp³-hybridized carbons (Fsp3) is 0.235. The standard InChI is InChI=1S/C17H16N4O5/c1-9-6-7-13(14-18-8-11(17(25)26)15(22)21(9)14)20-19-12-5-3-2-4-10(12)16(23)24/h2-5,8-9,19H,6-7H2,1H3,(H,23,24)(H,25,26)/b20-13+. The Morgan fingerprint density at radius 1 is 1.23 bits per heavy atom. The zero-order chi connectivity index (χ0) is 18.8. The Hall–Kier alpha value is -3.49. The van der Waals surface area contributed by atoms with E-state index in [1.54, 1.807) is 18.2 Å². The summed E-state index contributed by atoms with van der Waals surface area (Å²) in [7, 11) is 0. The van der Waals surface area contributed by atoms with Crippen LogP contribution in [-0.4, -0.2) is 37.4 Å². The Morgan fingerprint density at radius 3 is 2.62 bits per heavy atom. The molecule has 9 heteroatoms. The predicted octanol–water partition coefficient (Wildman–Crippen LogP) is 1.81. The van der Waals surface area contributed by atoms with Crippen LogP contribution >= 0.6 is 0 Å². The molecular formula is C17H16N4O5. The van der Waals surface area contributed by atoms with Crippen molar-refractivity contribution in [3.63, 3.8) is 0 Å². The number of fused-ring (bicyclic) bond motifs is 1. The number of carboxylic acids is 2. The maximum Gasteiger partial charge on any atom is 0.342 e. The minimum absolute atomic E-state index is 0.0626. The maximum atomic E-state index is 12.4. The number of nitrogens with zero attached hydrogens (tertiary/aromatic N) is 3. The molecule has 3 N–H and O–H groups in total. The Morgan fingerprint density at radius 2 is 1.92 bits per heavy atom. The van der Waals surface area contributed by atoms with E-state index in [1.807, 2.05) is 6.92 Å². The molecule has 0 amide bonds. The summed E-state index contributed by atoms with van der Waals surface area (Å²) >= 11 is 0. The van der Waals surface area contributed by atoms with Crippen molar-refractivity contribution in [2.75, 3.05) is 5.43 Å². The molecule has 3 rings (SSSR count). The van der Waals surface area contributed by atoms with Crippen LogP contribution in [0.4, 0.5) is 5.69 Å². The van der Waals surface area contributed by atoms with Crippen molar-refractivity contribution in [3.05, 3.63) is 57.8 Å². The lowest BCUT2D eigenvalue weighted by Crippen LogP contribution is -2.37. The smallest absolute Gasteiger partial charge is 0.342 e. The van der Waals surface area contributed by atoms with Gasteiger partial charge in [-0.1, -0.05) is 12.1 Å². The van der Waals surface area contributed by atoms with Gasteiger partial charge in [0.15, 0.2) is 5.82 Å². The fourth-order valence-corrected chi connectivity index (χ4v) is 2.83. The lowest BCUT2D eigenvalue weighted by Gasteiger charge is -2.25. The number of hydrogen-bond acceptors (Lipinski definition) is 6. The van der Waals surface area contributed by atoms with Crippen molar-refractivity contribution in [2.45, 2.75) is 25.8 Å². The topological polar surface area (TPSA) is 134 Å². The van der Waals surface area contributed by atoms with E-state index >= 15 is 0 Å². The number of para-hydroxylation sites is 1. The number of benzene rings is 1. The lowest BCUT2D eigenvalue weighted by atomic mass is 10.0. The number of aromatic nitrogens is 2. The molecule has 1 aliphatic rings. The predicted molar refractivity (Wildman–Crippen MR) is 93.0 cm³/mol. The highest BCUT2D eigenvalue weighted by atomic mass is 16.4. The average molecular weight is 356 g/mol. The summed E-state index contributed by atoms with van der Waals surface area (Å²) in [6.07, 6.45) is 2.12. The van der Waals surface area contributed by atoms with Gasteiger partial charge in [0.1, 0.15) is 11.3 Å². The summed E-state index contributed by atoms with van der Waals surface area (Å²) in [5.41, 5.74) is 2.51. The van der Waals surface area contributed by atoms with E-state index < -0.39 is 23.1 Å². The number of rotatable bonds is 4. The van der Waals surface area contributed by atoms with E-state index in [9.17, 15) is 19.5 Å². The van der Waals surface area contributed by atoms with Crippen molar-refractivity contribution in [1.82, 2.24) is 9.55 Å². The molecule has 2 aromatic rings. The molecule has 1 aromatic carbocycles. The third-order valence-electron chi connectivity index (χ3n) is 4.19. The molecule has 2 heterocycles. The molecule has 26 heavy (non-hydrogen) atoms. The molecule has 0 spiro atoms. The van der Waals surface area contributed by atoms with Gasteiger partial charge in [-0.2, -0.15) is 5.10 Å². The minimum atomic E-state index is -1.33. The van der Waals surface area contributed by atoms with Gasteiger partial charge in [0.25, 0.3) is 5.56 Å². The second-order valence-electron chi connectivity index (χ2n) is 5.88. The first-order chi connectivity index (χ1) is 12.4. The van der Waals surface area contributed by atoms with Crippen LogP contribution in [-0.2, 0) is 0 Å². The van der Waals surface area contributed by atoms with Gasteiger partial charge in [0.05, 0.1) is 11.3 Å². The first-order valence-corrected chi connectivity index (χ1v) is 7.90. The molecule has 0 aliphatic carbocycles. The van der Waals surface area contributed by atoms with Gasteiger partial charge in [-0.3, -0.25) is 14.8 Å². The number of nitrogens with one attached hydrogen (secondary N) is 1. The highest BCUT2D eigenvalue weighted by molar-refractivity contribution is 6.00. The molecule has 0 bridgehead atoms. The highest BCUT2D eigenvalue weighted by Gasteiger charge is 2.26. The molecule has 1 unspecified atom stereocenters. The molecule has 1 aromatic heterocycles. The number of aromatic carboxylic acids is 2. The van der Waals surface area contributed by atoms with E-state index in [0.717, 1.165) is 6.20 Å². The maximum absolute atomic E-state index is 12.4. The zero-order valence-electron chi connectivity index (χ0n) is 13.8. The zero-order valence-corrected chi connectivity index (χ0v) is 13.8. The average Bonchev–Trinajstić information content (AvgIpc) is 2.61. The van der Waals surface area contributed by atoms with E-state index in [1.165, 1.54) is 10.6 Å². The second-order valence-corrected chi connectivity index (χ2v) is 5.88. The van der Waals surface area contributed by atoms with Crippen LogP contribution in [0, 0.1) is 0 Å². The van der Waals surface area contributed by atoms with Gasteiger partial charge in [-0.15, -0.1) is 0 Å². The monoisotopic (exact) mass is 356 g/mol. The molecule has 1 atom stereocenters. The number of anilines is 1. The molecule has 0 saturated heterocycles. The number of hydrazone groups is 1. The lowest BCUT2D eigenvalue weighted by molar-refractivity contribution is 0.0684. The molecule has 9 nitrogen and oxygen atoms in total. The van der Waals surface area contributed by atoms with E-state index in [2.05, 4.69) is 15.5 Å². The quantitative estimate of drug-likeness (QED) is 0.711. The third kappa shape index (κ3) is 3.06. The molecule has 134 valence electrons. The van der Waals surface area contributed by atoms with Gasteiger partial charge in [0, 0.05) is 12.2 Å². The van der Waals surface area contributed by atoms with Gasteiger partial charge in [-0.05, 0) is 31.9 Å². The van der Waals surface area contributed by atoms with Gasteiger partial charge < -0.3 is 10.2 Å². The summed E-state index contributed by atoms with van der Waals surface area (Å²) in [6, 6.07) is 6.09. The largest absolute Gasteiger partial charge is 0.478 e. The first kappa shape index (κ1) is 17.3. The summed E-state index contributed by atoms with van der Waals surface area (Å²) in [4.78, 5) is 38.9. The van der Waals surface area contributed by atoms with Gasteiger partial charge in [0.2, 0.25) is 0 Å². The Bertz CT molecular complexity index is 979. The number of hydrogen-bond donors (Lipinski definition) is 3. The van der Waals surface area contributed by atoms with Crippen molar-refractivity contribution >= 4 is 23.3 Å².